The Labute approximate surface area is 236 Å². The van der Waals surface area contributed by atoms with Gasteiger partial charge in [-0.1, -0.05) is 60.2 Å². The number of hydrogen-bond donors (Lipinski definition) is 1. The van der Waals surface area contributed by atoms with Crippen LogP contribution in [0.4, 0.5) is 5.69 Å². The van der Waals surface area contributed by atoms with Crippen LogP contribution in [0.1, 0.15) is 23.6 Å². The van der Waals surface area contributed by atoms with Gasteiger partial charge in [0.05, 0.1) is 26.2 Å². The van der Waals surface area contributed by atoms with Crippen molar-refractivity contribution in [3.63, 3.8) is 0 Å². The van der Waals surface area contributed by atoms with Crippen molar-refractivity contribution >= 4 is 27.5 Å². The largest absolute Gasteiger partial charge is 0.497 e. The van der Waals surface area contributed by atoms with E-state index in [4.69, 9.17) is 9.47 Å². The van der Waals surface area contributed by atoms with Gasteiger partial charge in [0, 0.05) is 25.6 Å². The van der Waals surface area contributed by atoms with Crippen LogP contribution in [0.15, 0.2) is 72.8 Å². The molecule has 3 aromatic rings. The summed E-state index contributed by atoms with van der Waals surface area (Å²) >= 11 is 0. The summed E-state index contributed by atoms with van der Waals surface area (Å²) < 4.78 is 37.8. The van der Waals surface area contributed by atoms with E-state index in [1.165, 1.54) is 25.2 Å². The molecule has 3 rings (SSSR count). The summed E-state index contributed by atoms with van der Waals surface area (Å²) in [5.41, 5.74) is 2.85. The molecule has 10 heteroatoms. The van der Waals surface area contributed by atoms with E-state index in [9.17, 15) is 18.0 Å². The van der Waals surface area contributed by atoms with Crippen LogP contribution in [0.5, 0.6) is 11.5 Å². The third-order valence-corrected chi connectivity index (χ3v) is 7.52. The number of carbonyl (C=O) groups excluding carboxylic acids is 2. The van der Waals surface area contributed by atoms with E-state index < -0.39 is 28.5 Å². The number of sulfonamides is 1. The first-order chi connectivity index (χ1) is 19.1. The van der Waals surface area contributed by atoms with Crippen molar-refractivity contribution in [2.75, 3.05) is 37.9 Å². The Balaban J connectivity index is 2.09. The molecule has 0 aliphatic rings. The van der Waals surface area contributed by atoms with Gasteiger partial charge < -0.3 is 19.7 Å². The number of hydrogen-bond acceptors (Lipinski definition) is 6. The number of methoxy groups -OCH3 is 2. The Bertz CT molecular complexity index is 1410. The molecular formula is C30H37N3O6S. The third kappa shape index (κ3) is 7.98. The van der Waals surface area contributed by atoms with E-state index in [0.29, 0.717) is 12.3 Å². The van der Waals surface area contributed by atoms with Gasteiger partial charge in [-0.15, -0.1) is 0 Å². The molecular weight excluding hydrogens is 530 g/mol. The van der Waals surface area contributed by atoms with Crippen LogP contribution in [0.25, 0.3) is 0 Å². The first kappa shape index (κ1) is 30.5. The average Bonchev–Trinajstić information content (AvgIpc) is 2.93. The average molecular weight is 568 g/mol. The molecule has 0 bridgehead atoms. The second-order valence-corrected chi connectivity index (χ2v) is 11.3. The van der Waals surface area contributed by atoms with Crippen molar-refractivity contribution in [3.8, 4) is 11.5 Å². The standard InChI is InChI=1S/C30H37N3O6S/c1-6-31-30(35)27(18-23-12-8-7-9-13-23)32(20-24-14-10-11-22(2)17-24)29(34)21-33(40(5,36)37)26-19-25(38-3)15-16-28(26)39-4/h7-17,19,27H,6,18,20-21H2,1-5H3,(H,31,35)/t27-/m0/s1. The number of amides is 2. The van der Waals surface area contributed by atoms with Gasteiger partial charge in [0.15, 0.2) is 0 Å². The fourth-order valence-electron chi connectivity index (χ4n) is 4.44. The van der Waals surface area contributed by atoms with Crippen LogP contribution in [0.3, 0.4) is 0 Å². The Kier molecular flexibility index (Phi) is 10.6. The molecule has 0 heterocycles. The smallest absolute Gasteiger partial charge is 0.244 e. The van der Waals surface area contributed by atoms with E-state index in [0.717, 1.165) is 27.3 Å². The van der Waals surface area contributed by atoms with Crippen molar-refractivity contribution in [2.45, 2.75) is 32.9 Å². The van der Waals surface area contributed by atoms with Crippen LogP contribution in [0.2, 0.25) is 0 Å². The number of aryl methyl sites for hydroxylation is 1. The molecule has 0 saturated heterocycles. The van der Waals surface area contributed by atoms with Crippen molar-refractivity contribution in [1.82, 2.24) is 10.2 Å². The maximum atomic E-state index is 14.1. The summed E-state index contributed by atoms with van der Waals surface area (Å²) in [6.07, 6.45) is 1.28. The molecule has 0 saturated carbocycles. The summed E-state index contributed by atoms with van der Waals surface area (Å²) in [5, 5.41) is 2.85. The van der Waals surface area contributed by atoms with Gasteiger partial charge in [0.2, 0.25) is 21.8 Å². The van der Waals surface area contributed by atoms with Gasteiger partial charge in [0.25, 0.3) is 0 Å². The predicted octanol–water partition coefficient (Wildman–Crippen LogP) is 3.55. The molecule has 0 aliphatic heterocycles. The zero-order valence-electron chi connectivity index (χ0n) is 23.6. The van der Waals surface area contributed by atoms with Crippen molar-refractivity contribution in [1.29, 1.82) is 0 Å². The molecule has 9 nitrogen and oxygen atoms in total. The van der Waals surface area contributed by atoms with Gasteiger partial charge in [-0.2, -0.15) is 0 Å². The van der Waals surface area contributed by atoms with Crippen LogP contribution < -0.4 is 19.1 Å². The summed E-state index contributed by atoms with van der Waals surface area (Å²) in [6, 6.07) is 20.9. The number of nitrogens with one attached hydrogen (secondary N) is 1. The van der Waals surface area contributed by atoms with Crippen LogP contribution in [-0.4, -0.2) is 64.7 Å². The molecule has 2 amide bonds. The summed E-state index contributed by atoms with van der Waals surface area (Å²) in [7, 11) is -1.07. The first-order valence-electron chi connectivity index (χ1n) is 12.9. The molecule has 214 valence electrons. The predicted molar refractivity (Wildman–Crippen MR) is 156 cm³/mol. The first-order valence-corrected chi connectivity index (χ1v) is 14.8. The molecule has 0 aromatic heterocycles. The summed E-state index contributed by atoms with van der Waals surface area (Å²) in [4.78, 5) is 29.0. The summed E-state index contributed by atoms with van der Waals surface area (Å²) in [6.45, 7) is 3.71. The minimum Gasteiger partial charge on any atom is -0.497 e. The fraction of sp³-hybridized carbons (Fsp3) is 0.333. The molecule has 3 aromatic carbocycles. The lowest BCUT2D eigenvalue weighted by atomic mass is 10.0. The number of carbonyl (C=O) groups is 2. The van der Waals surface area contributed by atoms with Gasteiger partial charge in [0.1, 0.15) is 24.1 Å². The van der Waals surface area contributed by atoms with E-state index in [-0.39, 0.29) is 30.3 Å². The molecule has 0 radical (unpaired) electrons. The van der Waals surface area contributed by atoms with Gasteiger partial charge >= 0.3 is 0 Å². The Morgan fingerprint density at radius 1 is 0.925 bits per heavy atom. The lowest BCUT2D eigenvalue weighted by Crippen LogP contribution is -2.53. The van der Waals surface area contributed by atoms with E-state index >= 15 is 0 Å². The SMILES string of the molecule is CCNC(=O)[C@H](Cc1ccccc1)N(Cc1cccc(C)c1)C(=O)CN(c1cc(OC)ccc1OC)S(C)(=O)=O. The topological polar surface area (TPSA) is 105 Å². The molecule has 1 atom stereocenters. The lowest BCUT2D eigenvalue weighted by Gasteiger charge is -2.33. The van der Waals surface area contributed by atoms with Gasteiger partial charge in [-0.25, -0.2) is 8.42 Å². The second-order valence-electron chi connectivity index (χ2n) is 9.42. The highest BCUT2D eigenvalue weighted by atomic mass is 32.2. The number of benzene rings is 3. The monoisotopic (exact) mass is 567 g/mol. The van der Waals surface area contributed by atoms with Crippen LogP contribution >= 0.6 is 0 Å². The van der Waals surface area contributed by atoms with Gasteiger partial charge in [-0.3, -0.25) is 13.9 Å². The minimum absolute atomic E-state index is 0.113. The number of likely N-dealkylation sites (N-methyl/N-ethyl adjacent to an activating group) is 1. The summed E-state index contributed by atoms with van der Waals surface area (Å²) in [5.74, 6) is -0.201. The fourth-order valence-corrected chi connectivity index (χ4v) is 5.28. The quantitative estimate of drug-likeness (QED) is 0.339. The number of rotatable bonds is 13. The number of anilines is 1. The molecule has 0 fully saturated rings. The molecule has 40 heavy (non-hydrogen) atoms. The highest BCUT2D eigenvalue weighted by molar-refractivity contribution is 7.92. The third-order valence-electron chi connectivity index (χ3n) is 6.39. The van der Waals surface area contributed by atoms with Crippen molar-refractivity contribution < 1.29 is 27.5 Å². The maximum Gasteiger partial charge on any atom is 0.244 e. The molecule has 0 unspecified atom stereocenters. The Morgan fingerprint density at radius 2 is 1.62 bits per heavy atom. The van der Waals surface area contributed by atoms with Crippen LogP contribution in [-0.2, 0) is 32.6 Å². The highest BCUT2D eigenvalue weighted by Gasteiger charge is 2.33. The van der Waals surface area contributed by atoms with Crippen molar-refractivity contribution in [3.05, 3.63) is 89.5 Å². The normalized spacial score (nSPS) is 11.8. The molecule has 0 aliphatic carbocycles. The molecule has 1 N–H and O–H groups in total. The zero-order valence-corrected chi connectivity index (χ0v) is 24.4. The Hall–Kier alpha value is -4.05. The number of nitrogens with zero attached hydrogens (tertiary/aromatic N) is 2. The highest BCUT2D eigenvalue weighted by Crippen LogP contribution is 2.34. The van der Waals surface area contributed by atoms with E-state index in [2.05, 4.69) is 5.32 Å². The minimum atomic E-state index is -3.95. The lowest BCUT2D eigenvalue weighted by molar-refractivity contribution is -0.140. The van der Waals surface area contributed by atoms with Crippen molar-refractivity contribution in [2.24, 2.45) is 0 Å². The van der Waals surface area contributed by atoms with Crippen LogP contribution in [0, 0.1) is 6.92 Å². The zero-order chi connectivity index (χ0) is 29.3. The Morgan fingerprint density at radius 3 is 2.23 bits per heavy atom. The van der Waals surface area contributed by atoms with E-state index in [1.54, 1.807) is 12.1 Å². The number of ether oxygens (including phenoxy) is 2. The second kappa shape index (κ2) is 13.8. The maximum absolute atomic E-state index is 14.1. The van der Waals surface area contributed by atoms with Gasteiger partial charge in [-0.05, 0) is 37.1 Å². The molecule has 0 spiro atoms. The van der Waals surface area contributed by atoms with E-state index in [1.807, 2.05) is 68.4 Å².